The number of hydrogen-bond donors (Lipinski definition) is 1. The normalized spacial score (nSPS) is 26.9. The van der Waals surface area contributed by atoms with Crippen LogP contribution in [0, 0.1) is 11.3 Å². The number of rotatable bonds is 4. The third-order valence-electron chi connectivity index (χ3n) is 3.41. The van der Waals surface area contributed by atoms with Crippen LogP contribution in [0.4, 0.5) is 0 Å². The summed E-state index contributed by atoms with van der Waals surface area (Å²) < 4.78 is 5.49. The Kier molecular flexibility index (Phi) is 5.45. The molecular weight excluding hydrogens is 282 g/mol. The van der Waals surface area contributed by atoms with Crippen LogP contribution < -0.4 is 5.32 Å². The number of alkyl halides is 1. The minimum Gasteiger partial charge on any atom is -0.368 e. The highest BCUT2D eigenvalue weighted by atomic mass is 79.9. The molecule has 3 atom stereocenters. The third kappa shape index (κ3) is 4.25. The van der Waals surface area contributed by atoms with Crippen molar-refractivity contribution < 1.29 is 9.53 Å². The van der Waals surface area contributed by atoms with Gasteiger partial charge in [0.15, 0.2) is 0 Å². The number of carbonyl (C=O) groups excluding carboxylic acids is 1. The number of hydrogen-bond acceptors (Lipinski definition) is 2. The molecule has 0 bridgehead atoms. The Labute approximate surface area is 113 Å². The van der Waals surface area contributed by atoms with E-state index in [2.05, 4.69) is 48.9 Å². The molecule has 3 unspecified atom stereocenters. The molecule has 0 aromatic rings. The van der Waals surface area contributed by atoms with E-state index in [0.29, 0.717) is 12.5 Å². The Balaban J connectivity index is 2.57. The SMILES string of the molecule is CC1CCOC1C(=O)NC(CCBr)C(C)(C)C. The zero-order valence-corrected chi connectivity index (χ0v) is 12.8. The second-order valence-electron chi connectivity index (χ2n) is 5.96. The van der Waals surface area contributed by atoms with Crippen molar-refractivity contribution in [3.05, 3.63) is 0 Å². The van der Waals surface area contributed by atoms with Crippen LogP contribution in [0.3, 0.4) is 0 Å². The Bertz CT molecular complexity index is 263. The lowest BCUT2D eigenvalue weighted by molar-refractivity contribution is -0.133. The second kappa shape index (κ2) is 6.19. The van der Waals surface area contributed by atoms with Crippen molar-refractivity contribution in [1.82, 2.24) is 5.32 Å². The van der Waals surface area contributed by atoms with Crippen molar-refractivity contribution in [3.63, 3.8) is 0 Å². The molecule has 0 aromatic carbocycles. The van der Waals surface area contributed by atoms with Crippen LogP contribution in [0.25, 0.3) is 0 Å². The van der Waals surface area contributed by atoms with Gasteiger partial charge in [0.05, 0.1) is 0 Å². The summed E-state index contributed by atoms with van der Waals surface area (Å²) in [4.78, 5) is 12.1. The number of amides is 1. The highest BCUT2D eigenvalue weighted by molar-refractivity contribution is 9.09. The highest BCUT2D eigenvalue weighted by Gasteiger charge is 2.34. The van der Waals surface area contributed by atoms with E-state index in [1.54, 1.807) is 0 Å². The van der Waals surface area contributed by atoms with Gasteiger partial charge in [-0.15, -0.1) is 0 Å². The molecule has 1 saturated heterocycles. The first-order valence-corrected chi connectivity index (χ1v) is 7.46. The van der Waals surface area contributed by atoms with E-state index in [1.807, 2.05) is 0 Å². The molecule has 1 aliphatic heterocycles. The molecule has 100 valence electrons. The van der Waals surface area contributed by atoms with Gasteiger partial charge < -0.3 is 10.1 Å². The first-order valence-electron chi connectivity index (χ1n) is 6.34. The molecular formula is C13H24BrNO2. The van der Waals surface area contributed by atoms with Crippen molar-refractivity contribution in [2.24, 2.45) is 11.3 Å². The maximum absolute atomic E-state index is 12.1. The lowest BCUT2D eigenvalue weighted by Crippen LogP contribution is -2.48. The number of carbonyl (C=O) groups is 1. The van der Waals surface area contributed by atoms with E-state index in [-0.39, 0.29) is 23.5 Å². The Morgan fingerprint density at radius 2 is 2.18 bits per heavy atom. The van der Waals surface area contributed by atoms with Crippen LogP contribution in [0.15, 0.2) is 0 Å². The van der Waals surface area contributed by atoms with Crippen LogP contribution >= 0.6 is 15.9 Å². The predicted molar refractivity (Wildman–Crippen MR) is 73.3 cm³/mol. The van der Waals surface area contributed by atoms with Gasteiger partial charge >= 0.3 is 0 Å². The van der Waals surface area contributed by atoms with E-state index in [1.165, 1.54) is 0 Å². The zero-order chi connectivity index (χ0) is 13.1. The predicted octanol–water partition coefficient (Wildman–Crippen LogP) is 2.73. The van der Waals surface area contributed by atoms with Gasteiger partial charge in [0.25, 0.3) is 0 Å². The smallest absolute Gasteiger partial charge is 0.249 e. The third-order valence-corrected chi connectivity index (χ3v) is 3.86. The fourth-order valence-electron chi connectivity index (χ4n) is 2.12. The van der Waals surface area contributed by atoms with Crippen LogP contribution in [0.2, 0.25) is 0 Å². The van der Waals surface area contributed by atoms with Gasteiger partial charge in [-0.2, -0.15) is 0 Å². The van der Waals surface area contributed by atoms with E-state index in [9.17, 15) is 4.79 Å². The van der Waals surface area contributed by atoms with Gasteiger partial charge in [-0.05, 0) is 24.2 Å². The molecule has 1 N–H and O–H groups in total. The van der Waals surface area contributed by atoms with Crippen LogP contribution in [0.5, 0.6) is 0 Å². The average molecular weight is 306 g/mol. The summed E-state index contributed by atoms with van der Waals surface area (Å²) in [7, 11) is 0. The summed E-state index contributed by atoms with van der Waals surface area (Å²) in [6.45, 7) is 9.24. The molecule has 1 heterocycles. The van der Waals surface area contributed by atoms with E-state index >= 15 is 0 Å². The Hall–Kier alpha value is -0.0900. The summed E-state index contributed by atoms with van der Waals surface area (Å²) in [5.74, 6) is 0.385. The summed E-state index contributed by atoms with van der Waals surface area (Å²) >= 11 is 3.45. The molecule has 1 amide bonds. The zero-order valence-electron chi connectivity index (χ0n) is 11.3. The number of halogens is 1. The van der Waals surface area contributed by atoms with E-state index in [4.69, 9.17) is 4.74 Å². The lowest BCUT2D eigenvalue weighted by atomic mass is 9.85. The van der Waals surface area contributed by atoms with Gasteiger partial charge in [0.2, 0.25) is 5.91 Å². The summed E-state index contributed by atoms with van der Waals surface area (Å²) in [5, 5.41) is 4.04. The fraction of sp³-hybridized carbons (Fsp3) is 0.923. The van der Waals surface area contributed by atoms with Gasteiger partial charge in [-0.25, -0.2) is 0 Å². The number of nitrogens with one attached hydrogen (secondary N) is 1. The molecule has 4 heteroatoms. The molecule has 17 heavy (non-hydrogen) atoms. The second-order valence-corrected chi connectivity index (χ2v) is 6.76. The Morgan fingerprint density at radius 3 is 2.59 bits per heavy atom. The topological polar surface area (TPSA) is 38.3 Å². The molecule has 0 saturated carbocycles. The highest BCUT2D eigenvalue weighted by Crippen LogP contribution is 2.25. The minimum atomic E-state index is -0.254. The molecule has 0 radical (unpaired) electrons. The summed E-state index contributed by atoms with van der Waals surface area (Å²) in [5.41, 5.74) is 0.0747. The van der Waals surface area contributed by atoms with Crippen molar-refractivity contribution in [1.29, 1.82) is 0 Å². The van der Waals surface area contributed by atoms with Crippen LogP contribution in [0.1, 0.15) is 40.5 Å². The number of ether oxygens (including phenoxy) is 1. The van der Waals surface area contributed by atoms with Crippen LogP contribution in [-0.4, -0.2) is 30.0 Å². The standard InChI is InChI=1S/C13H24BrNO2/c1-9-6-8-17-11(9)12(16)15-10(5-7-14)13(2,3)4/h9-11H,5-8H2,1-4H3,(H,15,16). The van der Waals surface area contributed by atoms with Crippen molar-refractivity contribution in [2.75, 3.05) is 11.9 Å². The van der Waals surface area contributed by atoms with Crippen LogP contribution in [-0.2, 0) is 9.53 Å². The molecule has 1 rings (SSSR count). The van der Waals surface area contributed by atoms with Gasteiger partial charge in [-0.3, -0.25) is 4.79 Å². The van der Waals surface area contributed by atoms with Gasteiger partial charge in [0.1, 0.15) is 6.10 Å². The quantitative estimate of drug-likeness (QED) is 0.811. The fourth-order valence-corrected chi connectivity index (χ4v) is 2.57. The first-order chi connectivity index (χ1) is 7.86. The van der Waals surface area contributed by atoms with E-state index in [0.717, 1.165) is 18.2 Å². The first kappa shape index (κ1) is 15.0. The summed E-state index contributed by atoms with van der Waals surface area (Å²) in [6.07, 6.45) is 1.67. The molecule has 0 aliphatic carbocycles. The van der Waals surface area contributed by atoms with Crippen molar-refractivity contribution in [3.8, 4) is 0 Å². The van der Waals surface area contributed by atoms with Crippen molar-refractivity contribution >= 4 is 21.8 Å². The Morgan fingerprint density at radius 1 is 1.53 bits per heavy atom. The monoisotopic (exact) mass is 305 g/mol. The van der Waals surface area contributed by atoms with Gasteiger partial charge in [-0.1, -0.05) is 43.6 Å². The average Bonchev–Trinajstić information content (AvgIpc) is 2.62. The molecule has 1 fully saturated rings. The largest absolute Gasteiger partial charge is 0.368 e. The van der Waals surface area contributed by atoms with Crippen molar-refractivity contribution in [2.45, 2.75) is 52.7 Å². The maximum Gasteiger partial charge on any atom is 0.249 e. The van der Waals surface area contributed by atoms with Gasteiger partial charge in [0, 0.05) is 18.0 Å². The van der Waals surface area contributed by atoms with E-state index < -0.39 is 0 Å². The lowest BCUT2D eigenvalue weighted by Gasteiger charge is -2.32. The maximum atomic E-state index is 12.1. The molecule has 1 aliphatic rings. The molecule has 0 spiro atoms. The molecule has 3 nitrogen and oxygen atoms in total. The summed E-state index contributed by atoms with van der Waals surface area (Å²) in [6, 6.07) is 0.186. The molecule has 0 aromatic heterocycles. The minimum absolute atomic E-state index is 0.0517.